The number of hydrogen-bond acceptors (Lipinski definition) is 4. The summed E-state index contributed by atoms with van der Waals surface area (Å²) in [6, 6.07) is 8.05. The number of nitrogens with zero attached hydrogens (tertiary/aromatic N) is 1. The smallest absolute Gasteiger partial charge is 0.159 e. The Balaban J connectivity index is 2.15. The third-order valence-corrected chi connectivity index (χ3v) is 3.42. The van der Waals surface area contributed by atoms with Gasteiger partial charge in [-0.3, -0.25) is 4.79 Å². The van der Waals surface area contributed by atoms with Crippen LogP contribution in [0.2, 0.25) is 0 Å². The molecular weight excluding hydrogens is 228 g/mol. The second-order valence-electron chi connectivity index (χ2n) is 4.67. The van der Waals surface area contributed by atoms with Gasteiger partial charge in [0, 0.05) is 43.5 Å². The Morgan fingerprint density at radius 2 is 2.17 bits per heavy atom. The molecule has 0 aromatic heterocycles. The van der Waals surface area contributed by atoms with Crippen LogP contribution in [-0.2, 0) is 0 Å². The molecule has 1 saturated heterocycles. The highest BCUT2D eigenvalue weighted by atomic mass is 16.3. The number of carbonyl (C=O) groups is 1. The van der Waals surface area contributed by atoms with Crippen LogP contribution in [0.1, 0.15) is 23.7 Å². The average Bonchev–Trinajstić information content (AvgIpc) is 2.40. The standard InChI is InChI=1S/C14H20N2O2/c1-11(18)12-2-4-13(5-3-12)16-8-7-15-10-14(16)6-9-17/h2-5,14-15,17H,6-10H2,1H3. The number of rotatable bonds is 4. The van der Waals surface area contributed by atoms with Crippen molar-refractivity contribution < 1.29 is 9.90 Å². The summed E-state index contributed by atoms with van der Waals surface area (Å²) in [5.41, 5.74) is 1.87. The van der Waals surface area contributed by atoms with Gasteiger partial charge in [0.2, 0.25) is 0 Å². The summed E-state index contributed by atoms with van der Waals surface area (Å²) in [6.45, 7) is 4.57. The Morgan fingerprint density at radius 3 is 2.78 bits per heavy atom. The zero-order chi connectivity index (χ0) is 13.0. The number of ketones is 1. The van der Waals surface area contributed by atoms with Crippen LogP contribution in [0.3, 0.4) is 0 Å². The number of aliphatic hydroxyl groups excluding tert-OH is 1. The van der Waals surface area contributed by atoms with E-state index in [1.807, 2.05) is 24.3 Å². The minimum Gasteiger partial charge on any atom is -0.396 e. The maximum Gasteiger partial charge on any atom is 0.159 e. The van der Waals surface area contributed by atoms with Crippen molar-refractivity contribution in [2.45, 2.75) is 19.4 Å². The molecule has 18 heavy (non-hydrogen) atoms. The third kappa shape index (κ3) is 2.89. The molecule has 1 aromatic rings. The van der Waals surface area contributed by atoms with Crippen molar-refractivity contribution in [1.82, 2.24) is 5.32 Å². The highest BCUT2D eigenvalue weighted by Gasteiger charge is 2.21. The second kappa shape index (κ2) is 5.98. The third-order valence-electron chi connectivity index (χ3n) is 3.42. The number of benzene rings is 1. The average molecular weight is 248 g/mol. The normalized spacial score (nSPS) is 19.9. The van der Waals surface area contributed by atoms with Crippen LogP contribution in [0.4, 0.5) is 5.69 Å². The van der Waals surface area contributed by atoms with Crippen molar-refractivity contribution in [3.05, 3.63) is 29.8 Å². The van der Waals surface area contributed by atoms with Gasteiger partial charge in [0.05, 0.1) is 0 Å². The van der Waals surface area contributed by atoms with E-state index in [4.69, 9.17) is 5.11 Å². The van der Waals surface area contributed by atoms with Crippen molar-refractivity contribution in [2.75, 3.05) is 31.1 Å². The van der Waals surface area contributed by atoms with E-state index in [1.165, 1.54) is 0 Å². The molecule has 4 heteroatoms. The highest BCUT2D eigenvalue weighted by Crippen LogP contribution is 2.20. The summed E-state index contributed by atoms with van der Waals surface area (Å²) in [5.74, 6) is 0.0915. The lowest BCUT2D eigenvalue weighted by Crippen LogP contribution is -2.51. The fourth-order valence-electron chi connectivity index (χ4n) is 2.40. The Hall–Kier alpha value is -1.39. The van der Waals surface area contributed by atoms with Crippen LogP contribution in [0, 0.1) is 0 Å². The maximum absolute atomic E-state index is 11.2. The first-order chi connectivity index (χ1) is 8.72. The van der Waals surface area contributed by atoms with Gasteiger partial charge in [-0.2, -0.15) is 0 Å². The van der Waals surface area contributed by atoms with Crippen LogP contribution < -0.4 is 10.2 Å². The largest absolute Gasteiger partial charge is 0.396 e. The van der Waals surface area contributed by atoms with E-state index in [0.29, 0.717) is 6.04 Å². The molecule has 0 amide bonds. The summed E-state index contributed by atoms with van der Waals surface area (Å²) < 4.78 is 0. The van der Waals surface area contributed by atoms with Gasteiger partial charge in [0.25, 0.3) is 0 Å². The SMILES string of the molecule is CC(=O)c1ccc(N2CCNCC2CCO)cc1. The lowest BCUT2D eigenvalue weighted by atomic mass is 10.1. The number of piperazine rings is 1. The fourth-order valence-corrected chi connectivity index (χ4v) is 2.40. The molecule has 0 saturated carbocycles. The Kier molecular flexibility index (Phi) is 4.33. The molecule has 1 atom stereocenters. The van der Waals surface area contributed by atoms with Gasteiger partial charge in [-0.05, 0) is 37.6 Å². The van der Waals surface area contributed by atoms with Crippen LogP contribution >= 0.6 is 0 Å². The van der Waals surface area contributed by atoms with E-state index in [1.54, 1.807) is 6.92 Å². The summed E-state index contributed by atoms with van der Waals surface area (Å²) in [6.07, 6.45) is 0.765. The molecule has 2 rings (SSSR count). The van der Waals surface area contributed by atoms with Gasteiger partial charge >= 0.3 is 0 Å². The summed E-state index contributed by atoms with van der Waals surface area (Å²) in [4.78, 5) is 13.5. The quantitative estimate of drug-likeness (QED) is 0.782. The minimum atomic E-state index is 0.0915. The number of aliphatic hydroxyl groups is 1. The number of hydrogen-bond donors (Lipinski definition) is 2. The minimum absolute atomic E-state index is 0.0915. The van der Waals surface area contributed by atoms with Crippen molar-refractivity contribution in [2.24, 2.45) is 0 Å². The van der Waals surface area contributed by atoms with Crippen molar-refractivity contribution in [3.63, 3.8) is 0 Å². The number of anilines is 1. The van der Waals surface area contributed by atoms with Gasteiger partial charge in [0.1, 0.15) is 0 Å². The van der Waals surface area contributed by atoms with Crippen molar-refractivity contribution >= 4 is 11.5 Å². The molecule has 1 unspecified atom stereocenters. The summed E-state index contributed by atoms with van der Waals surface area (Å²) in [7, 11) is 0. The lowest BCUT2D eigenvalue weighted by molar-refractivity contribution is 0.101. The van der Waals surface area contributed by atoms with E-state index in [0.717, 1.165) is 37.3 Å². The molecular formula is C14H20N2O2. The van der Waals surface area contributed by atoms with Crippen LogP contribution in [0.5, 0.6) is 0 Å². The number of nitrogens with one attached hydrogen (secondary N) is 1. The van der Waals surface area contributed by atoms with E-state index < -0.39 is 0 Å². The lowest BCUT2D eigenvalue weighted by Gasteiger charge is -2.38. The topological polar surface area (TPSA) is 52.6 Å². The first-order valence-electron chi connectivity index (χ1n) is 6.41. The van der Waals surface area contributed by atoms with Gasteiger partial charge in [-0.25, -0.2) is 0 Å². The zero-order valence-corrected chi connectivity index (χ0v) is 10.7. The molecule has 1 heterocycles. The van der Waals surface area contributed by atoms with E-state index in [2.05, 4.69) is 10.2 Å². The molecule has 0 bridgehead atoms. The molecule has 98 valence electrons. The van der Waals surface area contributed by atoms with Crippen molar-refractivity contribution in [1.29, 1.82) is 0 Å². The monoisotopic (exact) mass is 248 g/mol. The van der Waals surface area contributed by atoms with Crippen LogP contribution in [0.15, 0.2) is 24.3 Å². The first-order valence-corrected chi connectivity index (χ1v) is 6.41. The molecule has 0 aliphatic carbocycles. The van der Waals surface area contributed by atoms with Crippen LogP contribution in [-0.4, -0.2) is 43.2 Å². The molecule has 1 aromatic carbocycles. The number of carbonyl (C=O) groups excluding carboxylic acids is 1. The highest BCUT2D eigenvalue weighted by molar-refractivity contribution is 5.94. The van der Waals surface area contributed by atoms with E-state index in [-0.39, 0.29) is 12.4 Å². The second-order valence-corrected chi connectivity index (χ2v) is 4.67. The molecule has 1 fully saturated rings. The molecule has 2 N–H and O–H groups in total. The predicted octanol–water partition coefficient (Wildman–Crippen LogP) is 1.05. The molecule has 0 spiro atoms. The first kappa shape index (κ1) is 13.1. The molecule has 4 nitrogen and oxygen atoms in total. The zero-order valence-electron chi connectivity index (χ0n) is 10.7. The Labute approximate surface area is 108 Å². The molecule has 1 aliphatic rings. The Bertz CT molecular complexity index is 401. The van der Waals surface area contributed by atoms with E-state index >= 15 is 0 Å². The van der Waals surface area contributed by atoms with Crippen molar-refractivity contribution in [3.8, 4) is 0 Å². The van der Waals surface area contributed by atoms with E-state index in [9.17, 15) is 4.79 Å². The molecule has 1 aliphatic heterocycles. The van der Waals surface area contributed by atoms with Gasteiger partial charge in [-0.1, -0.05) is 0 Å². The van der Waals surface area contributed by atoms with Gasteiger partial charge in [-0.15, -0.1) is 0 Å². The fraction of sp³-hybridized carbons (Fsp3) is 0.500. The molecule has 0 radical (unpaired) electrons. The van der Waals surface area contributed by atoms with Crippen LogP contribution in [0.25, 0.3) is 0 Å². The maximum atomic E-state index is 11.2. The summed E-state index contributed by atoms with van der Waals surface area (Å²) in [5, 5.41) is 12.4. The summed E-state index contributed by atoms with van der Waals surface area (Å²) >= 11 is 0. The van der Waals surface area contributed by atoms with Gasteiger partial charge in [0.15, 0.2) is 5.78 Å². The Morgan fingerprint density at radius 1 is 1.44 bits per heavy atom. The van der Waals surface area contributed by atoms with Gasteiger partial charge < -0.3 is 15.3 Å². The predicted molar refractivity (Wildman–Crippen MR) is 72.2 cm³/mol. The number of Topliss-reactive ketones (excluding diaryl/α,β-unsaturated/α-hetero) is 1.